The summed E-state index contributed by atoms with van der Waals surface area (Å²) >= 11 is 1.31. The summed E-state index contributed by atoms with van der Waals surface area (Å²) in [5, 5.41) is 0.783. The summed E-state index contributed by atoms with van der Waals surface area (Å²) < 4.78 is 0. The normalized spacial score (nSPS) is 11.1. The molecule has 0 radical (unpaired) electrons. The van der Waals surface area contributed by atoms with Crippen LogP contribution in [0.2, 0.25) is 0 Å². The summed E-state index contributed by atoms with van der Waals surface area (Å²) in [7, 11) is 0. The highest BCUT2D eigenvalue weighted by Crippen LogP contribution is 2.27. The van der Waals surface area contributed by atoms with E-state index >= 15 is 0 Å². The third kappa shape index (κ3) is 3.71. The molecule has 0 aliphatic heterocycles. The third-order valence-electron chi connectivity index (χ3n) is 2.99. The molecular weight excluding hydrogens is 298 g/mol. The van der Waals surface area contributed by atoms with Gasteiger partial charge in [0.15, 0.2) is 0 Å². The van der Waals surface area contributed by atoms with Crippen LogP contribution in [0.1, 0.15) is 36.1 Å². The second-order valence-electron chi connectivity index (χ2n) is 5.96. The summed E-state index contributed by atoms with van der Waals surface area (Å²) in [4.78, 5) is 28.9. The Morgan fingerprint density at radius 2 is 1.73 bits per heavy atom. The molecule has 0 bridgehead atoms. The maximum Gasteiger partial charge on any atom is 0.281 e. The van der Waals surface area contributed by atoms with Gasteiger partial charge in [0.25, 0.3) is 5.91 Å². The van der Waals surface area contributed by atoms with Crippen LogP contribution >= 0.6 is 11.3 Å². The minimum atomic E-state index is -0.564. The fourth-order valence-corrected chi connectivity index (χ4v) is 2.64. The van der Waals surface area contributed by atoms with Crippen LogP contribution in [0.3, 0.4) is 0 Å². The monoisotopic (exact) mass is 317 g/mol. The largest absolute Gasteiger partial charge is 0.281 e. The third-order valence-corrected chi connectivity index (χ3v) is 4.20. The molecule has 2 N–H and O–H groups in total. The van der Waals surface area contributed by atoms with Crippen LogP contribution in [0, 0.1) is 12.3 Å². The Morgan fingerprint density at radius 1 is 1.09 bits per heavy atom. The lowest BCUT2D eigenvalue weighted by Gasteiger charge is -2.17. The number of nitrogens with zero attached hydrogens (tertiary/aromatic N) is 1. The van der Waals surface area contributed by atoms with Crippen LogP contribution in [0.25, 0.3) is 10.6 Å². The zero-order valence-corrected chi connectivity index (χ0v) is 13.9. The zero-order valence-electron chi connectivity index (χ0n) is 13.1. The Labute approximate surface area is 133 Å². The van der Waals surface area contributed by atoms with Crippen LogP contribution in [0.4, 0.5) is 0 Å². The summed E-state index contributed by atoms with van der Waals surface area (Å²) in [5.74, 6) is -0.596. The van der Waals surface area contributed by atoms with E-state index in [1.807, 2.05) is 30.3 Å². The van der Waals surface area contributed by atoms with E-state index in [4.69, 9.17) is 0 Å². The molecule has 1 heterocycles. The molecule has 0 fully saturated rings. The molecule has 22 heavy (non-hydrogen) atoms. The molecule has 6 heteroatoms. The highest BCUT2D eigenvalue weighted by atomic mass is 32.1. The number of rotatable bonds is 2. The molecule has 0 spiro atoms. The maximum absolute atomic E-state index is 12.2. The lowest BCUT2D eigenvalue weighted by Crippen LogP contribution is -2.46. The Kier molecular flexibility index (Phi) is 4.61. The number of hydrazine groups is 1. The molecule has 2 amide bonds. The highest BCUT2D eigenvalue weighted by molar-refractivity contribution is 7.17. The van der Waals surface area contributed by atoms with Gasteiger partial charge in [0, 0.05) is 11.0 Å². The fourth-order valence-electron chi connectivity index (χ4n) is 1.67. The van der Waals surface area contributed by atoms with E-state index in [1.165, 1.54) is 11.3 Å². The van der Waals surface area contributed by atoms with Crippen molar-refractivity contribution in [2.75, 3.05) is 0 Å². The van der Waals surface area contributed by atoms with Gasteiger partial charge < -0.3 is 0 Å². The minimum absolute atomic E-state index is 0.244. The van der Waals surface area contributed by atoms with Gasteiger partial charge in [0.05, 0.1) is 5.69 Å². The molecule has 0 unspecified atom stereocenters. The fraction of sp³-hybridized carbons (Fsp3) is 0.312. The molecule has 0 aliphatic carbocycles. The first kappa shape index (κ1) is 16.2. The topological polar surface area (TPSA) is 71.1 Å². The van der Waals surface area contributed by atoms with E-state index in [0.29, 0.717) is 10.6 Å². The van der Waals surface area contributed by atoms with Gasteiger partial charge in [-0.15, -0.1) is 11.3 Å². The number of hydrogen-bond acceptors (Lipinski definition) is 4. The van der Waals surface area contributed by atoms with Crippen molar-refractivity contribution >= 4 is 23.2 Å². The van der Waals surface area contributed by atoms with Crippen molar-refractivity contribution in [3.8, 4) is 10.6 Å². The van der Waals surface area contributed by atoms with Crippen molar-refractivity contribution in [3.63, 3.8) is 0 Å². The van der Waals surface area contributed by atoms with E-state index in [2.05, 4.69) is 15.8 Å². The molecule has 2 rings (SSSR count). The van der Waals surface area contributed by atoms with Gasteiger partial charge in [-0.3, -0.25) is 20.4 Å². The van der Waals surface area contributed by atoms with Crippen LogP contribution in [0.5, 0.6) is 0 Å². The van der Waals surface area contributed by atoms with Crippen LogP contribution in [-0.4, -0.2) is 16.8 Å². The van der Waals surface area contributed by atoms with Crippen molar-refractivity contribution in [1.29, 1.82) is 0 Å². The van der Waals surface area contributed by atoms with Gasteiger partial charge in [0.2, 0.25) is 5.91 Å². The van der Waals surface area contributed by atoms with Crippen molar-refractivity contribution in [3.05, 3.63) is 40.9 Å². The van der Waals surface area contributed by atoms with Gasteiger partial charge in [-0.1, -0.05) is 51.1 Å². The van der Waals surface area contributed by atoms with Gasteiger partial charge >= 0.3 is 0 Å². The molecule has 0 aliphatic rings. The van der Waals surface area contributed by atoms with E-state index < -0.39 is 5.41 Å². The Balaban J connectivity index is 2.11. The number of carbonyl (C=O) groups excluding carboxylic acids is 2. The Morgan fingerprint density at radius 3 is 2.32 bits per heavy atom. The average molecular weight is 317 g/mol. The summed E-state index contributed by atoms with van der Waals surface area (Å²) in [5.41, 5.74) is 5.93. The van der Waals surface area contributed by atoms with E-state index in [9.17, 15) is 9.59 Å². The molecule has 116 valence electrons. The SMILES string of the molecule is Cc1nc(-c2ccccc2)sc1C(=O)NNC(=O)C(C)(C)C. The first-order valence-electron chi connectivity index (χ1n) is 6.92. The first-order valence-corrected chi connectivity index (χ1v) is 7.74. The highest BCUT2D eigenvalue weighted by Gasteiger charge is 2.23. The predicted molar refractivity (Wildman–Crippen MR) is 87.4 cm³/mol. The Hall–Kier alpha value is -2.21. The molecule has 1 aromatic carbocycles. The van der Waals surface area contributed by atoms with Crippen molar-refractivity contribution in [2.24, 2.45) is 5.41 Å². The lowest BCUT2D eigenvalue weighted by molar-refractivity contribution is -0.129. The Bertz CT molecular complexity index is 687. The zero-order chi connectivity index (χ0) is 16.3. The molecule has 1 aromatic heterocycles. The minimum Gasteiger partial charge on any atom is -0.273 e. The molecule has 0 saturated carbocycles. The quantitative estimate of drug-likeness (QED) is 0.837. The number of benzene rings is 1. The standard InChI is InChI=1S/C16H19N3O2S/c1-10-12(13(20)18-19-15(21)16(2,3)4)22-14(17-10)11-8-6-5-7-9-11/h5-9H,1-4H3,(H,18,20)(H,19,21). The number of hydrogen-bond donors (Lipinski definition) is 2. The van der Waals surface area contributed by atoms with Crippen molar-refractivity contribution in [2.45, 2.75) is 27.7 Å². The number of nitrogens with one attached hydrogen (secondary N) is 2. The molecule has 0 saturated heterocycles. The molecule has 0 atom stereocenters. The smallest absolute Gasteiger partial charge is 0.273 e. The van der Waals surface area contributed by atoms with E-state index in [1.54, 1.807) is 27.7 Å². The first-order chi connectivity index (χ1) is 10.3. The second kappa shape index (κ2) is 6.27. The van der Waals surface area contributed by atoms with Gasteiger partial charge in [-0.25, -0.2) is 4.98 Å². The van der Waals surface area contributed by atoms with Crippen molar-refractivity contribution < 1.29 is 9.59 Å². The van der Waals surface area contributed by atoms with Crippen molar-refractivity contribution in [1.82, 2.24) is 15.8 Å². The number of amides is 2. The number of aromatic nitrogens is 1. The van der Waals surface area contributed by atoms with Crippen LogP contribution in [-0.2, 0) is 4.79 Å². The maximum atomic E-state index is 12.2. The predicted octanol–water partition coefficient (Wildman–Crippen LogP) is 2.93. The van der Waals surface area contributed by atoms with E-state index in [0.717, 1.165) is 10.6 Å². The van der Waals surface area contributed by atoms with Gasteiger partial charge in [-0.05, 0) is 6.92 Å². The number of thiazole rings is 1. The van der Waals surface area contributed by atoms with Crippen LogP contribution < -0.4 is 10.9 Å². The van der Waals surface area contributed by atoms with Gasteiger partial charge in [-0.2, -0.15) is 0 Å². The molecular formula is C16H19N3O2S. The summed E-state index contributed by atoms with van der Waals surface area (Å²) in [6.07, 6.45) is 0. The molecule has 2 aromatic rings. The van der Waals surface area contributed by atoms with E-state index in [-0.39, 0.29) is 11.8 Å². The summed E-state index contributed by atoms with van der Waals surface area (Å²) in [6.45, 7) is 7.11. The van der Waals surface area contributed by atoms with Gasteiger partial charge in [0.1, 0.15) is 9.88 Å². The lowest BCUT2D eigenvalue weighted by atomic mass is 9.96. The molecule has 5 nitrogen and oxygen atoms in total. The average Bonchev–Trinajstić information content (AvgIpc) is 2.86. The summed E-state index contributed by atoms with van der Waals surface area (Å²) in [6, 6.07) is 9.67. The second-order valence-corrected chi connectivity index (χ2v) is 6.96. The number of aryl methyl sites for hydroxylation is 1. The number of carbonyl (C=O) groups is 2. The van der Waals surface area contributed by atoms with Crippen LogP contribution in [0.15, 0.2) is 30.3 Å².